The number of pyridine rings is 2. The van der Waals surface area contributed by atoms with Crippen LogP contribution in [0, 0.1) is 5.82 Å². The van der Waals surface area contributed by atoms with Crippen molar-refractivity contribution in [3.63, 3.8) is 0 Å². The lowest BCUT2D eigenvalue weighted by molar-refractivity contribution is 0.628. The smallest absolute Gasteiger partial charge is 0.123 e. The van der Waals surface area contributed by atoms with E-state index in [0.29, 0.717) is 17.1 Å². The van der Waals surface area contributed by atoms with Crippen LogP contribution in [0.25, 0.3) is 55.8 Å². The van der Waals surface area contributed by atoms with Gasteiger partial charge in [-0.3, -0.25) is 25.0 Å². The fourth-order valence-corrected chi connectivity index (χ4v) is 3.74. The zero-order chi connectivity index (χ0) is 20.8. The molecular weight excluding hydrogens is 393 g/mol. The van der Waals surface area contributed by atoms with Crippen LogP contribution >= 0.6 is 0 Å². The second kappa shape index (κ2) is 6.81. The van der Waals surface area contributed by atoms with Gasteiger partial charge in [-0.1, -0.05) is 12.1 Å². The third-order valence-corrected chi connectivity index (χ3v) is 5.17. The van der Waals surface area contributed by atoms with Gasteiger partial charge in [0.05, 0.1) is 35.0 Å². The predicted molar refractivity (Wildman–Crippen MR) is 115 cm³/mol. The molecule has 2 N–H and O–H groups in total. The molecule has 5 heterocycles. The van der Waals surface area contributed by atoms with Gasteiger partial charge in [-0.15, -0.1) is 0 Å². The van der Waals surface area contributed by atoms with Gasteiger partial charge < -0.3 is 4.98 Å². The highest BCUT2D eigenvalue weighted by molar-refractivity contribution is 6.00. The third-order valence-electron chi connectivity index (χ3n) is 5.17. The maximum Gasteiger partial charge on any atom is 0.123 e. The molecule has 0 aliphatic heterocycles. The van der Waals surface area contributed by atoms with Gasteiger partial charge in [0, 0.05) is 40.4 Å². The van der Waals surface area contributed by atoms with Crippen LogP contribution in [0.3, 0.4) is 0 Å². The van der Waals surface area contributed by atoms with E-state index in [1.807, 2.05) is 24.3 Å². The summed E-state index contributed by atoms with van der Waals surface area (Å²) in [4.78, 5) is 20.8. The Hall–Kier alpha value is -4.46. The molecule has 6 aromatic rings. The molecule has 1 aromatic carbocycles. The highest BCUT2D eigenvalue weighted by Crippen LogP contribution is 2.33. The van der Waals surface area contributed by atoms with E-state index < -0.39 is 0 Å². The first-order valence-electron chi connectivity index (χ1n) is 9.61. The Kier molecular flexibility index (Phi) is 3.82. The average Bonchev–Trinajstić information content (AvgIpc) is 3.43. The number of nitrogens with zero attached hydrogens (tertiary/aromatic N) is 5. The largest absolute Gasteiger partial charge is 0.353 e. The van der Waals surface area contributed by atoms with Crippen LogP contribution in [0.4, 0.5) is 4.39 Å². The number of halogens is 1. The van der Waals surface area contributed by atoms with Crippen LogP contribution in [0.1, 0.15) is 0 Å². The fraction of sp³-hybridized carbons (Fsp3) is 0. The Morgan fingerprint density at radius 2 is 1.68 bits per heavy atom. The van der Waals surface area contributed by atoms with E-state index in [-0.39, 0.29) is 5.82 Å². The van der Waals surface area contributed by atoms with Crippen molar-refractivity contribution in [1.82, 2.24) is 35.1 Å². The molecule has 0 unspecified atom stereocenters. The molecule has 0 amide bonds. The first-order chi connectivity index (χ1) is 15.3. The molecule has 0 spiro atoms. The number of rotatable bonds is 3. The van der Waals surface area contributed by atoms with Gasteiger partial charge in [-0.05, 0) is 30.3 Å². The summed E-state index contributed by atoms with van der Waals surface area (Å²) < 4.78 is 13.8. The molecule has 7 nitrogen and oxygen atoms in total. The number of hydrogen-bond donors (Lipinski definition) is 2. The number of aromatic nitrogens is 7. The number of nitrogens with one attached hydrogen (secondary N) is 2. The van der Waals surface area contributed by atoms with Crippen molar-refractivity contribution >= 4 is 21.8 Å². The number of fused-ring (bicyclic) bond motifs is 2. The maximum atomic E-state index is 13.8. The summed E-state index contributed by atoms with van der Waals surface area (Å²) in [5.74, 6) is -0.297. The van der Waals surface area contributed by atoms with Crippen LogP contribution in [-0.4, -0.2) is 35.1 Å². The van der Waals surface area contributed by atoms with Crippen LogP contribution < -0.4 is 0 Å². The summed E-state index contributed by atoms with van der Waals surface area (Å²) in [5, 5.41) is 9.33. The van der Waals surface area contributed by atoms with Crippen LogP contribution in [-0.2, 0) is 0 Å². The molecule has 0 aliphatic carbocycles. The number of hydrogen-bond acceptors (Lipinski definition) is 5. The Balaban J connectivity index is 1.52. The lowest BCUT2D eigenvalue weighted by Crippen LogP contribution is -1.88. The lowest BCUT2D eigenvalue weighted by Gasteiger charge is -2.02. The second-order valence-electron chi connectivity index (χ2n) is 7.09. The quantitative estimate of drug-likeness (QED) is 0.441. The number of aromatic amines is 2. The highest BCUT2D eigenvalue weighted by Gasteiger charge is 2.15. The molecule has 0 saturated heterocycles. The van der Waals surface area contributed by atoms with Crippen molar-refractivity contribution in [2.75, 3.05) is 0 Å². The first-order valence-corrected chi connectivity index (χ1v) is 9.61. The molecule has 0 bridgehead atoms. The highest BCUT2D eigenvalue weighted by atomic mass is 19.1. The normalized spacial score (nSPS) is 11.4. The van der Waals surface area contributed by atoms with E-state index in [4.69, 9.17) is 0 Å². The summed E-state index contributed by atoms with van der Waals surface area (Å²) in [6.07, 6.45) is 8.38. The van der Waals surface area contributed by atoms with Crippen molar-refractivity contribution in [3.8, 4) is 34.0 Å². The maximum absolute atomic E-state index is 13.8. The van der Waals surface area contributed by atoms with Crippen molar-refractivity contribution in [3.05, 3.63) is 79.3 Å². The standard InChI is InChI=1S/C23H14FN7/c24-14-3-1-2-13(8-14)22-15-10-19(29-17(15)4-5-27-22)23-16-9-18(21-11-25-6-7-26-21)28-12-20(16)30-31-23/h1-12,29H,(H,30,31). The summed E-state index contributed by atoms with van der Waals surface area (Å²) in [7, 11) is 0. The van der Waals surface area contributed by atoms with Crippen molar-refractivity contribution in [1.29, 1.82) is 0 Å². The molecule has 6 rings (SSSR count). The van der Waals surface area contributed by atoms with E-state index in [1.165, 1.54) is 12.1 Å². The second-order valence-corrected chi connectivity index (χ2v) is 7.09. The molecule has 31 heavy (non-hydrogen) atoms. The molecule has 0 fully saturated rings. The summed E-state index contributed by atoms with van der Waals surface area (Å²) in [6, 6.07) is 12.3. The molecular formula is C23H14FN7. The topological polar surface area (TPSA) is 96.0 Å². The minimum absolute atomic E-state index is 0.297. The molecule has 0 atom stereocenters. The Bertz CT molecular complexity index is 1550. The van der Waals surface area contributed by atoms with Gasteiger partial charge in [-0.25, -0.2) is 4.39 Å². The molecule has 148 valence electrons. The van der Waals surface area contributed by atoms with E-state index in [0.717, 1.165) is 38.8 Å². The molecule has 8 heteroatoms. The zero-order valence-corrected chi connectivity index (χ0v) is 16.0. The average molecular weight is 407 g/mol. The minimum atomic E-state index is -0.297. The SMILES string of the molecule is Fc1cccc(-c2nccc3[nH]c(-c4n[nH]c5cnc(-c6cnccn6)cc45)cc23)c1. The molecule has 0 saturated carbocycles. The number of benzene rings is 1. The van der Waals surface area contributed by atoms with Crippen LogP contribution in [0.2, 0.25) is 0 Å². The lowest BCUT2D eigenvalue weighted by atomic mass is 10.1. The van der Waals surface area contributed by atoms with E-state index in [9.17, 15) is 4.39 Å². The zero-order valence-electron chi connectivity index (χ0n) is 16.0. The summed E-state index contributed by atoms with van der Waals surface area (Å²) in [6.45, 7) is 0. The van der Waals surface area contributed by atoms with Crippen LogP contribution in [0.15, 0.2) is 73.4 Å². The van der Waals surface area contributed by atoms with Crippen molar-refractivity contribution < 1.29 is 4.39 Å². The Morgan fingerprint density at radius 1 is 0.742 bits per heavy atom. The van der Waals surface area contributed by atoms with Gasteiger partial charge in [-0.2, -0.15) is 5.10 Å². The van der Waals surface area contributed by atoms with Gasteiger partial charge in [0.1, 0.15) is 17.2 Å². The predicted octanol–water partition coefficient (Wildman–Crippen LogP) is 4.76. The summed E-state index contributed by atoms with van der Waals surface area (Å²) in [5.41, 5.74) is 6.10. The van der Waals surface area contributed by atoms with Gasteiger partial charge in [0.2, 0.25) is 0 Å². The third kappa shape index (κ3) is 2.93. The fourth-order valence-electron chi connectivity index (χ4n) is 3.74. The Labute approximate surface area is 175 Å². The molecule has 0 aliphatic rings. The first kappa shape index (κ1) is 17.4. The number of H-pyrrole nitrogens is 2. The summed E-state index contributed by atoms with van der Waals surface area (Å²) >= 11 is 0. The van der Waals surface area contributed by atoms with E-state index in [1.54, 1.807) is 37.1 Å². The van der Waals surface area contributed by atoms with Gasteiger partial charge in [0.25, 0.3) is 0 Å². The monoisotopic (exact) mass is 407 g/mol. The van der Waals surface area contributed by atoms with Crippen molar-refractivity contribution in [2.45, 2.75) is 0 Å². The molecule has 0 radical (unpaired) electrons. The van der Waals surface area contributed by atoms with Gasteiger partial charge in [0.15, 0.2) is 0 Å². The van der Waals surface area contributed by atoms with Crippen LogP contribution in [0.5, 0.6) is 0 Å². The van der Waals surface area contributed by atoms with Crippen molar-refractivity contribution in [2.24, 2.45) is 0 Å². The van der Waals surface area contributed by atoms with E-state index >= 15 is 0 Å². The molecule has 5 aromatic heterocycles. The van der Waals surface area contributed by atoms with E-state index in [2.05, 4.69) is 35.1 Å². The minimum Gasteiger partial charge on any atom is -0.353 e. The Morgan fingerprint density at radius 3 is 2.55 bits per heavy atom. The van der Waals surface area contributed by atoms with Gasteiger partial charge >= 0.3 is 0 Å².